The number of piperidine rings is 1. The minimum atomic E-state index is 0.737. The average molecular weight is 342 g/mol. The number of rotatable bonds is 5. The van der Waals surface area contributed by atoms with Crippen LogP contribution in [0.1, 0.15) is 62.6 Å². The van der Waals surface area contributed by atoms with Crippen LogP contribution >= 0.6 is 0 Å². The SMILES string of the molecule is Cc1nn2cnnc2c(NCCC2CCCCN2C2CCCC2)c1C. The van der Waals surface area contributed by atoms with E-state index in [2.05, 4.69) is 32.4 Å². The Morgan fingerprint density at radius 2 is 1.92 bits per heavy atom. The van der Waals surface area contributed by atoms with Gasteiger partial charge >= 0.3 is 0 Å². The van der Waals surface area contributed by atoms with E-state index in [1.54, 1.807) is 10.8 Å². The van der Waals surface area contributed by atoms with Gasteiger partial charge in [-0.1, -0.05) is 19.3 Å². The van der Waals surface area contributed by atoms with Crippen molar-refractivity contribution >= 4 is 11.3 Å². The van der Waals surface area contributed by atoms with Crippen molar-refractivity contribution in [2.75, 3.05) is 18.4 Å². The van der Waals surface area contributed by atoms with E-state index in [1.165, 1.54) is 63.5 Å². The Labute approximate surface area is 150 Å². The predicted octanol–water partition coefficient (Wildman–Crippen LogP) is 3.34. The van der Waals surface area contributed by atoms with Crippen LogP contribution in [-0.4, -0.2) is 49.9 Å². The molecule has 0 amide bonds. The van der Waals surface area contributed by atoms with E-state index in [1.807, 2.05) is 6.92 Å². The zero-order chi connectivity index (χ0) is 17.2. The van der Waals surface area contributed by atoms with Crippen LogP contribution < -0.4 is 5.32 Å². The number of hydrogen-bond acceptors (Lipinski definition) is 5. The highest BCUT2D eigenvalue weighted by Crippen LogP contribution is 2.31. The highest BCUT2D eigenvalue weighted by Gasteiger charge is 2.30. The molecule has 1 aliphatic carbocycles. The second-order valence-corrected chi connectivity index (χ2v) is 7.73. The molecule has 6 nitrogen and oxygen atoms in total. The number of aromatic nitrogens is 4. The lowest BCUT2D eigenvalue weighted by Gasteiger charge is -2.40. The monoisotopic (exact) mass is 342 g/mol. The molecule has 6 heteroatoms. The minimum absolute atomic E-state index is 0.737. The van der Waals surface area contributed by atoms with E-state index in [-0.39, 0.29) is 0 Å². The summed E-state index contributed by atoms with van der Waals surface area (Å²) in [4.78, 5) is 2.83. The van der Waals surface area contributed by atoms with Crippen LogP contribution in [0.15, 0.2) is 6.33 Å². The second-order valence-electron chi connectivity index (χ2n) is 7.73. The molecule has 0 aromatic carbocycles. The van der Waals surface area contributed by atoms with Crippen molar-refractivity contribution < 1.29 is 0 Å². The van der Waals surface area contributed by atoms with Crippen molar-refractivity contribution in [3.8, 4) is 0 Å². The van der Waals surface area contributed by atoms with Gasteiger partial charge in [0.2, 0.25) is 5.65 Å². The molecule has 3 heterocycles. The Hall–Kier alpha value is -1.69. The van der Waals surface area contributed by atoms with Gasteiger partial charge in [-0.05, 0) is 58.1 Å². The van der Waals surface area contributed by atoms with E-state index < -0.39 is 0 Å². The predicted molar refractivity (Wildman–Crippen MR) is 100.0 cm³/mol. The Morgan fingerprint density at radius 3 is 2.76 bits per heavy atom. The largest absolute Gasteiger partial charge is 0.382 e. The summed E-state index contributed by atoms with van der Waals surface area (Å²) in [5.41, 5.74) is 4.13. The molecule has 136 valence electrons. The maximum atomic E-state index is 4.50. The number of anilines is 1. The number of likely N-dealkylation sites (tertiary alicyclic amines) is 1. The normalized spacial score (nSPS) is 22.7. The van der Waals surface area contributed by atoms with Gasteiger partial charge in [0.15, 0.2) is 0 Å². The Balaban J connectivity index is 1.43. The third-order valence-electron chi connectivity index (χ3n) is 6.18. The number of aryl methyl sites for hydroxylation is 1. The van der Waals surface area contributed by atoms with E-state index in [4.69, 9.17) is 0 Å². The van der Waals surface area contributed by atoms with E-state index in [9.17, 15) is 0 Å². The van der Waals surface area contributed by atoms with Crippen LogP contribution in [0.25, 0.3) is 5.65 Å². The topological polar surface area (TPSA) is 58.4 Å². The average Bonchev–Trinajstić information content (AvgIpc) is 3.30. The van der Waals surface area contributed by atoms with Crippen LogP contribution in [0, 0.1) is 13.8 Å². The quantitative estimate of drug-likeness (QED) is 0.903. The fourth-order valence-corrected chi connectivity index (χ4v) is 4.68. The third-order valence-corrected chi connectivity index (χ3v) is 6.18. The van der Waals surface area contributed by atoms with Gasteiger partial charge in [-0.3, -0.25) is 4.90 Å². The van der Waals surface area contributed by atoms with Gasteiger partial charge in [-0.2, -0.15) is 9.61 Å². The van der Waals surface area contributed by atoms with Crippen molar-refractivity contribution in [3.63, 3.8) is 0 Å². The molecule has 2 aromatic rings. The first kappa shape index (κ1) is 16.8. The molecule has 1 N–H and O–H groups in total. The molecule has 4 rings (SSSR count). The van der Waals surface area contributed by atoms with Crippen LogP contribution in [-0.2, 0) is 0 Å². The number of hydrogen-bond donors (Lipinski definition) is 1. The molecule has 2 aromatic heterocycles. The zero-order valence-corrected chi connectivity index (χ0v) is 15.5. The number of nitrogens with one attached hydrogen (secondary N) is 1. The lowest BCUT2D eigenvalue weighted by Crippen LogP contribution is -2.45. The third kappa shape index (κ3) is 3.36. The summed E-state index contributed by atoms with van der Waals surface area (Å²) in [7, 11) is 0. The highest BCUT2D eigenvalue weighted by molar-refractivity contribution is 5.71. The lowest BCUT2D eigenvalue weighted by molar-refractivity contribution is 0.0933. The summed E-state index contributed by atoms with van der Waals surface area (Å²) in [5.74, 6) is 0. The molecule has 25 heavy (non-hydrogen) atoms. The first-order valence-electron chi connectivity index (χ1n) is 9.91. The Kier molecular flexibility index (Phi) is 4.88. The lowest BCUT2D eigenvalue weighted by atomic mass is 9.96. The molecule has 1 saturated heterocycles. The molecule has 0 spiro atoms. The van der Waals surface area contributed by atoms with Crippen molar-refractivity contribution in [1.29, 1.82) is 0 Å². The first-order valence-corrected chi connectivity index (χ1v) is 9.91. The van der Waals surface area contributed by atoms with Crippen LogP contribution in [0.5, 0.6) is 0 Å². The highest BCUT2D eigenvalue weighted by atomic mass is 15.3. The fourth-order valence-electron chi connectivity index (χ4n) is 4.68. The standard InChI is InChI=1S/C19H30N6/c1-14-15(2)23-25-13-21-22-19(25)18(14)20-11-10-17-9-5-6-12-24(17)16-7-3-4-8-16/h13,16-17,20H,3-12H2,1-2H3. The molecule has 0 radical (unpaired) electrons. The summed E-state index contributed by atoms with van der Waals surface area (Å²) >= 11 is 0. The summed E-state index contributed by atoms with van der Waals surface area (Å²) in [6.45, 7) is 6.45. The maximum Gasteiger partial charge on any atom is 0.200 e. The van der Waals surface area contributed by atoms with Gasteiger partial charge < -0.3 is 5.32 Å². The molecule has 1 atom stereocenters. The molecule has 2 aliphatic rings. The Morgan fingerprint density at radius 1 is 1.12 bits per heavy atom. The molecule has 2 fully saturated rings. The molecular weight excluding hydrogens is 312 g/mol. The van der Waals surface area contributed by atoms with Gasteiger partial charge in [0.25, 0.3) is 0 Å². The summed E-state index contributed by atoms with van der Waals surface area (Å²) in [5, 5.41) is 16.4. The summed E-state index contributed by atoms with van der Waals surface area (Å²) in [6, 6.07) is 1.58. The summed E-state index contributed by atoms with van der Waals surface area (Å²) < 4.78 is 1.77. The van der Waals surface area contributed by atoms with Crippen molar-refractivity contribution in [1.82, 2.24) is 24.7 Å². The van der Waals surface area contributed by atoms with Crippen molar-refractivity contribution in [3.05, 3.63) is 17.6 Å². The van der Waals surface area contributed by atoms with E-state index >= 15 is 0 Å². The molecule has 1 saturated carbocycles. The Bertz CT molecular complexity index is 718. The minimum Gasteiger partial charge on any atom is -0.382 e. The van der Waals surface area contributed by atoms with E-state index in [0.717, 1.165) is 35.7 Å². The number of nitrogens with zero attached hydrogens (tertiary/aromatic N) is 5. The van der Waals surface area contributed by atoms with Crippen LogP contribution in [0.2, 0.25) is 0 Å². The number of fused-ring (bicyclic) bond motifs is 1. The molecule has 0 bridgehead atoms. The maximum absolute atomic E-state index is 4.50. The van der Waals surface area contributed by atoms with Crippen LogP contribution in [0.3, 0.4) is 0 Å². The fraction of sp³-hybridized carbons (Fsp3) is 0.737. The van der Waals surface area contributed by atoms with Gasteiger partial charge in [-0.25, -0.2) is 0 Å². The molecular formula is C19H30N6. The molecule has 1 aliphatic heterocycles. The van der Waals surface area contributed by atoms with Gasteiger partial charge in [-0.15, -0.1) is 10.2 Å². The van der Waals surface area contributed by atoms with Gasteiger partial charge in [0.1, 0.15) is 6.33 Å². The van der Waals surface area contributed by atoms with Crippen molar-refractivity contribution in [2.24, 2.45) is 0 Å². The zero-order valence-electron chi connectivity index (χ0n) is 15.5. The summed E-state index contributed by atoms with van der Waals surface area (Å²) in [6.07, 6.45) is 12.7. The van der Waals surface area contributed by atoms with Gasteiger partial charge in [0, 0.05) is 18.6 Å². The first-order chi connectivity index (χ1) is 12.2. The molecule has 1 unspecified atom stereocenters. The van der Waals surface area contributed by atoms with Crippen LogP contribution in [0.4, 0.5) is 5.69 Å². The van der Waals surface area contributed by atoms with E-state index in [0.29, 0.717) is 0 Å². The second kappa shape index (κ2) is 7.28. The van der Waals surface area contributed by atoms with Gasteiger partial charge in [0.05, 0.1) is 11.4 Å². The smallest absolute Gasteiger partial charge is 0.200 e. The van der Waals surface area contributed by atoms with Crippen molar-refractivity contribution in [2.45, 2.75) is 77.3 Å².